The number of alkyl halides is 3. The van der Waals surface area contributed by atoms with Crippen LogP contribution in [0.5, 0.6) is 5.75 Å². The summed E-state index contributed by atoms with van der Waals surface area (Å²) >= 11 is 0. The zero-order valence-corrected chi connectivity index (χ0v) is 11.8. The molecule has 120 valence electrons. The Hall–Kier alpha value is -1.34. The predicted molar refractivity (Wildman–Crippen MR) is 70.8 cm³/mol. The minimum atomic E-state index is -4.34. The zero-order valence-electron chi connectivity index (χ0n) is 11.8. The Labute approximate surface area is 121 Å². The fourth-order valence-electron chi connectivity index (χ4n) is 1.63. The van der Waals surface area contributed by atoms with Gasteiger partial charge < -0.3 is 14.8 Å². The molecule has 1 N–H and O–H groups in total. The number of halogens is 4. The first-order chi connectivity index (χ1) is 9.92. The van der Waals surface area contributed by atoms with Crippen LogP contribution in [0.25, 0.3) is 0 Å². The largest absolute Gasteiger partial charge is 0.491 e. The van der Waals surface area contributed by atoms with Gasteiger partial charge in [0.05, 0.1) is 6.61 Å². The lowest BCUT2D eigenvalue weighted by Gasteiger charge is -2.13. The molecule has 0 atom stereocenters. The van der Waals surface area contributed by atoms with Crippen molar-refractivity contribution < 1.29 is 27.0 Å². The predicted octanol–water partition coefficient (Wildman–Crippen LogP) is 3.28. The first-order valence-corrected chi connectivity index (χ1v) is 6.69. The first-order valence-electron chi connectivity index (χ1n) is 6.69. The summed E-state index contributed by atoms with van der Waals surface area (Å²) in [6, 6.07) is 4.05. The van der Waals surface area contributed by atoms with Crippen LogP contribution in [0.15, 0.2) is 18.2 Å². The van der Waals surface area contributed by atoms with Gasteiger partial charge in [0.1, 0.15) is 24.8 Å². The third-order valence-corrected chi connectivity index (χ3v) is 2.52. The average Bonchev–Trinajstić information content (AvgIpc) is 2.39. The number of benzene rings is 1. The third-order valence-electron chi connectivity index (χ3n) is 2.52. The number of ether oxygens (including phenoxy) is 2. The van der Waals surface area contributed by atoms with Crippen LogP contribution >= 0.6 is 0 Å². The van der Waals surface area contributed by atoms with Gasteiger partial charge in [0.25, 0.3) is 0 Å². The lowest BCUT2D eigenvalue weighted by atomic mass is 10.2. The van der Waals surface area contributed by atoms with Crippen molar-refractivity contribution in [2.45, 2.75) is 26.1 Å². The molecule has 21 heavy (non-hydrogen) atoms. The highest BCUT2D eigenvalue weighted by molar-refractivity contribution is 5.33. The van der Waals surface area contributed by atoms with E-state index in [4.69, 9.17) is 4.74 Å². The van der Waals surface area contributed by atoms with E-state index >= 15 is 0 Å². The van der Waals surface area contributed by atoms with Crippen molar-refractivity contribution in [1.29, 1.82) is 0 Å². The van der Waals surface area contributed by atoms with E-state index in [-0.39, 0.29) is 19.0 Å². The molecular weight excluding hydrogens is 290 g/mol. The van der Waals surface area contributed by atoms with E-state index in [1.807, 2.05) is 6.92 Å². The van der Waals surface area contributed by atoms with Gasteiger partial charge in [-0.3, -0.25) is 0 Å². The van der Waals surface area contributed by atoms with Crippen LogP contribution in [-0.4, -0.2) is 32.5 Å². The van der Waals surface area contributed by atoms with E-state index < -0.39 is 12.8 Å². The molecule has 0 spiro atoms. The molecule has 0 unspecified atom stereocenters. The monoisotopic (exact) mass is 309 g/mol. The normalized spacial score (nSPS) is 11.7. The van der Waals surface area contributed by atoms with Crippen LogP contribution in [0.4, 0.5) is 17.6 Å². The molecule has 0 radical (unpaired) electrons. The Bertz CT molecular complexity index is 424. The fourth-order valence-corrected chi connectivity index (χ4v) is 1.63. The summed E-state index contributed by atoms with van der Waals surface area (Å²) in [6.45, 7) is 1.72. The lowest BCUT2D eigenvalue weighted by Crippen LogP contribution is -2.20. The van der Waals surface area contributed by atoms with Crippen molar-refractivity contribution in [3.8, 4) is 5.75 Å². The molecule has 7 heteroatoms. The molecule has 0 heterocycles. The van der Waals surface area contributed by atoms with Crippen LogP contribution < -0.4 is 10.1 Å². The standard InChI is InChI=1S/C14H19F4NO2/c1-2-5-19-9-11-8-12(15)3-4-13(11)21-7-6-20-10-14(16,17)18/h3-4,8,19H,2,5-7,9-10H2,1H3. The number of nitrogens with one attached hydrogen (secondary N) is 1. The highest BCUT2D eigenvalue weighted by Crippen LogP contribution is 2.20. The Morgan fingerprint density at radius 2 is 1.95 bits per heavy atom. The Morgan fingerprint density at radius 3 is 2.62 bits per heavy atom. The molecule has 3 nitrogen and oxygen atoms in total. The van der Waals surface area contributed by atoms with Gasteiger partial charge in [-0.25, -0.2) is 4.39 Å². The van der Waals surface area contributed by atoms with Gasteiger partial charge in [-0.1, -0.05) is 6.92 Å². The maximum atomic E-state index is 13.2. The van der Waals surface area contributed by atoms with Crippen LogP contribution in [-0.2, 0) is 11.3 Å². The molecule has 0 aliphatic carbocycles. The van der Waals surface area contributed by atoms with E-state index in [2.05, 4.69) is 10.1 Å². The Kier molecular flexibility index (Phi) is 7.45. The van der Waals surface area contributed by atoms with Crippen molar-refractivity contribution in [2.24, 2.45) is 0 Å². The molecule has 1 rings (SSSR count). The number of hydrogen-bond acceptors (Lipinski definition) is 3. The minimum Gasteiger partial charge on any atom is -0.491 e. The number of hydrogen-bond donors (Lipinski definition) is 1. The van der Waals surface area contributed by atoms with Crippen molar-refractivity contribution in [3.05, 3.63) is 29.6 Å². The van der Waals surface area contributed by atoms with Crippen molar-refractivity contribution >= 4 is 0 Å². The van der Waals surface area contributed by atoms with Gasteiger partial charge >= 0.3 is 6.18 Å². The van der Waals surface area contributed by atoms with Gasteiger partial charge in [0, 0.05) is 12.1 Å². The second-order valence-corrected chi connectivity index (χ2v) is 4.45. The summed E-state index contributed by atoms with van der Waals surface area (Å²) < 4.78 is 58.6. The molecule has 0 aliphatic rings. The van der Waals surface area contributed by atoms with Gasteiger partial charge in [0.2, 0.25) is 0 Å². The molecule has 0 saturated heterocycles. The summed E-state index contributed by atoms with van der Waals surface area (Å²) in [5, 5.41) is 3.11. The molecule has 0 bridgehead atoms. The van der Waals surface area contributed by atoms with E-state index in [1.54, 1.807) is 0 Å². The van der Waals surface area contributed by atoms with Crippen LogP contribution in [0.1, 0.15) is 18.9 Å². The molecule has 0 amide bonds. The molecule has 0 aromatic heterocycles. The second-order valence-electron chi connectivity index (χ2n) is 4.45. The van der Waals surface area contributed by atoms with E-state index in [1.165, 1.54) is 18.2 Å². The summed E-state index contributed by atoms with van der Waals surface area (Å²) in [5.41, 5.74) is 0.624. The van der Waals surface area contributed by atoms with Crippen molar-refractivity contribution in [2.75, 3.05) is 26.4 Å². The first kappa shape index (κ1) is 17.7. The summed E-state index contributed by atoms with van der Waals surface area (Å²) in [5.74, 6) is 0.0552. The third kappa shape index (κ3) is 7.87. The highest BCUT2D eigenvalue weighted by Gasteiger charge is 2.27. The topological polar surface area (TPSA) is 30.5 Å². The Morgan fingerprint density at radius 1 is 1.19 bits per heavy atom. The van der Waals surface area contributed by atoms with E-state index in [0.29, 0.717) is 17.9 Å². The maximum Gasteiger partial charge on any atom is 0.411 e. The fraction of sp³-hybridized carbons (Fsp3) is 0.571. The van der Waals surface area contributed by atoms with Crippen molar-refractivity contribution in [1.82, 2.24) is 5.32 Å². The summed E-state index contributed by atoms with van der Waals surface area (Å²) in [6.07, 6.45) is -3.40. The lowest BCUT2D eigenvalue weighted by molar-refractivity contribution is -0.175. The maximum absolute atomic E-state index is 13.2. The van der Waals surface area contributed by atoms with Gasteiger partial charge in [-0.15, -0.1) is 0 Å². The SMILES string of the molecule is CCCNCc1cc(F)ccc1OCCOCC(F)(F)F. The van der Waals surface area contributed by atoms with Crippen LogP contribution in [0, 0.1) is 5.82 Å². The quantitative estimate of drug-likeness (QED) is 0.561. The van der Waals surface area contributed by atoms with Gasteiger partial charge in [-0.05, 0) is 31.2 Å². The molecule has 0 fully saturated rings. The summed E-state index contributed by atoms with van der Waals surface area (Å²) in [7, 11) is 0. The second kappa shape index (κ2) is 8.84. The Balaban J connectivity index is 2.42. The van der Waals surface area contributed by atoms with E-state index in [0.717, 1.165) is 13.0 Å². The zero-order chi connectivity index (χ0) is 15.7. The smallest absolute Gasteiger partial charge is 0.411 e. The molecular formula is C14H19F4NO2. The van der Waals surface area contributed by atoms with E-state index in [9.17, 15) is 17.6 Å². The van der Waals surface area contributed by atoms with Crippen molar-refractivity contribution in [3.63, 3.8) is 0 Å². The molecule has 0 saturated carbocycles. The number of rotatable bonds is 9. The molecule has 1 aromatic carbocycles. The summed E-state index contributed by atoms with van der Waals surface area (Å²) in [4.78, 5) is 0. The molecule has 1 aromatic rings. The highest BCUT2D eigenvalue weighted by atomic mass is 19.4. The molecule has 0 aliphatic heterocycles. The van der Waals surface area contributed by atoms with Gasteiger partial charge in [-0.2, -0.15) is 13.2 Å². The van der Waals surface area contributed by atoms with Crippen LogP contribution in [0.3, 0.4) is 0 Å². The minimum absolute atomic E-state index is 0.0253. The average molecular weight is 309 g/mol. The van der Waals surface area contributed by atoms with Crippen LogP contribution in [0.2, 0.25) is 0 Å². The van der Waals surface area contributed by atoms with Gasteiger partial charge in [0.15, 0.2) is 0 Å².